The minimum Gasteiger partial charge on any atom is -0.454 e. The number of fused-ring (bicyclic) bond motifs is 2. The Kier molecular flexibility index (Phi) is 5.01. The third kappa shape index (κ3) is 4.12. The molecule has 0 spiro atoms. The number of nitrogens with zero attached hydrogens (tertiary/aromatic N) is 2. The molecule has 0 unspecified atom stereocenters. The zero-order valence-electron chi connectivity index (χ0n) is 17.0. The van der Waals surface area contributed by atoms with Gasteiger partial charge in [-0.2, -0.15) is 5.10 Å². The molecule has 10 nitrogen and oxygen atoms in total. The lowest BCUT2D eigenvalue weighted by Crippen LogP contribution is -2.35. The largest absolute Gasteiger partial charge is 0.454 e. The summed E-state index contributed by atoms with van der Waals surface area (Å²) in [7, 11) is -3.41. The molecule has 2 amide bonds. The van der Waals surface area contributed by atoms with Crippen molar-refractivity contribution in [2.24, 2.45) is 0 Å². The first-order valence-corrected chi connectivity index (χ1v) is 11.7. The molecule has 0 bridgehead atoms. The maximum atomic E-state index is 13.3. The summed E-state index contributed by atoms with van der Waals surface area (Å²) in [5, 5.41) is 9.24. The van der Waals surface area contributed by atoms with Crippen LogP contribution in [0.1, 0.15) is 16.8 Å². The highest BCUT2D eigenvalue weighted by atomic mass is 32.2. The van der Waals surface area contributed by atoms with Crippen LogP contribution in [0.4, 0.5) is 10.2 Å². The summed E-state index contributed by atoms with van der Waals surface area (Å²) in [6.07, 6.45) is 0. The molecule has 5 rings (SSSR count). The topological polar surface area (TPSA) is 129 Å². The van der Waals surface area contributed by atoms with E-state index in [9.17, 15) is 22.4 Å². The normalized spacial score (nSPS) is 15.2. The average Bonchev–Trinajstić information content (AvgIpc) is 3.45. The molecule has 3 aromatic rings. The molecule has 2 N–H and O–H groups in total. The van der Waals surface area contributed by atoms with Crippen molar-refractivity contribution in [3.63, 3.8) is 0 Å². The van der Waals surface area contributed by atoms with Crippen molar-refractivity contribution < 1.29 is 31.9 Å². The number of rotatable bonds is 4. The third-order valence-electron chi connectivity index (χ3n) is 5.19. The SMILES string of the molecule is O=C(NCc1ccc2c(c1)OCO2)C(=O)Nc1c2c(nn1-c1ccc(F)cc1)CS(=O)(=O)C2. The summed E-state index contributed by atoms with van der Waals surface area (Å²) >= 11 is 0. The summed E-state index contributed by atoms with van der Waals surface area (Å²) in [6, 6.07) is 10.4. The Bertz CT molecular complexity index is 1380. The van der Waals surface area contributed by atoms with Crippen LogP contribution in [0.5, 0.6) is 11.5 Å². The summed E-state index contributed by atoms with van der Waals surface area (Å²) in [5.74, 6) is -1.78. The predicted molar refractivity (Wildman–Crippen MR) is 113 cm³/mol. The van der Waals surface area contributed by atoms with Gasteiger partial charge in [-0.25, -0.2) is 17.5 Å². The maximum Gasteiger partial charge on any atom is 0.314 e. The monoisotopic (exact) mass is 472 g/mol. The number of halogens is 1. The molecule has 2 aliphatic rings. The Morgan fingerprint density at radius 3 is 2.58 bits per heavy atom. The van der Waals surface area contributed by atoms with Crippen LogP contribution in [0, 0.1) is 5.82 Å². The van der Waals surface area contributed by atoms with Gasteiger partial charge in [-0.05, 0) is 42.0 Å². The number of carbonyl (C=O) groups excluding carboxylic acids is 2. The van der Waals surface area contributed by atoms with Gasteiger partial charge in [0.1, 0.15) is 11.6 Å². The average molecular weight is 472 g/mol. The smallest absolute Gasteiger partial charge is 0.314 e. The van der Waals surface area contributed by atoms with Gasteiger partial charge in [0.25, 0.3) is 0 Å². The van der Waals surface area contributed by atoms with Crippen molar-refractivity contribution >= 4 is 27.5 Å². The molecule has 33 heavy (non-hydrogen) atoms. The summed E-state index contributed by atoms with van der Waals surface area (Å²) < 4.78 is 49.2. The van der Waals surface area contributed by atoms with E-state index in [1.807, 2.05) is 0 Å². The molecule has 12 heteroatoms. The highest BCUT2D eigenvalue weighted by Gasteiger charge is 2.34. The molecule has 2 aliphatic heterocycles. The summed E-state index contributed by atoms with van der Waals surface area (Å²) in [4.78, 5) is 25.0. The second-order valence-corrected chi connectivity index (χ2v) is 9.58. The van der Waals surface area contributed by atoms with Crippen LogP contribution in [-0.4, -0.2) is 36.8 Å². The van der Waals surface area contributed by atoms with E-state index in [1.54, 1.807) is 18.2 Å². The van der Waals surface area contributed by atoms with E-state index in [0.717, 1.165) is 0 Å². The first-order chi connectivity index (χ1) is 15.8. The fourth-order valence-electron chi connectivity index (χ4n) is 3.62. The number of carbonyl (C=O) groups is 2. The Morgan fingerprint density at radius 1 is 1.03 bits per heavy atom. The van der Waals surface area contributed by atoms with Gasteiger partial charge < -0.3 is 20.1 Å². The molecular weight excluding hydrogens is 455 g/mol. The molecule has 1 aromatic heterocycles. The van der Waals surface area contributed by atoms with E-state index in [2.05, 4.69) is 15.7 Å². The second kappa shape index (κ2) is 7.89. The Hall–Kier alpha value is -3.93. The zero-order chi connectivity index (χ0) is 23.2. The molecule has 0 saturated carbocycles. The van der Waals surface area contributed by atoms with Crippen LogP contribution >= 0.6 is 0 Å². The molecule has 3 heterocycles. The van der Waals surface area contributed by atoms with E-state index in [1.165, 1.54) is 28.9 Å². The van der Waals surface area contributed by atoms with E-state index >= 15 is 0 Å². The molecule has 0 aliphatic carbocycles. The fourth-order valence-corrected chi connectivity index (χ4v) is 5.11. The minimum absolute atomic E-state index is 0.0564. The third-order valence-corrected chi connectivity index (χ3v) is 6.63. The van der Waals surface area contributed by atoms with Crippen LogP contribution in [0.3, 0.4) is 0 Å². The molecule has 0 atom stereocenters. The molecule has 170 valence electrons. The first-order valence-electron chi connectivity index (χ1n) is 9.84. The van der Waals surface area contributed by atoms with E-state index in [0.29, 0.717) is 28.3 Å². The quantitative estimate of drug-likeness (QED) is 0.550. The predicted octanol–water partition coefficient (Wildman–Crippen LogP) is 1.42. The van der Waals surface area contributed by atoms with Crippen molar-refractivity contribution in [3.8, 4) is 17.2 Å². The molecule has 0 fully saturated rings. The summed E-state index contributed by atoms with van der Waals surface area (Å²) in [6.45, 7) is 0.182. The van der Waals surface area contributed by atoms with Gasteiger partial charge in [0.15, 0.2) is 21.3 Å². The highest BCUT2D eigenvalue weighted by molar-refractivity contribution is 7.90. The van der Waals surface area contributed by atoms with Crippen molar-refractivity contribution in [2.75, 3.05) is 12.1 Å². The van der Waals surface area contributed by atoms with Crippen LogP contribution < -0.4 is 20.1 Å². The standard InChI is InChI=1S/C21H17FN4O6S/c22-13-2-4-14(5-3-13)26-19(15-9-33(29,30)10-16(15)25-26)24-21(28)20(27)23-8-12-1-6-17-18(7-12)32-11-31-17/h1-7H,8-11H2,(H,23,27)(H,24,28). The summed E-state index contributed by atoms with van der Waals surface area (Å²) in [5.41, 5.74) is 1.68. The van der Waals surface area contributed by atoms with Crippen LogP contribution in [-0.2, 0) is 37.5 Å². The Labute approximate surface area is 187 Å². The lowest BCUT2D eigenvalue weighted by atomic mass is 10.2. The highest BCUT2D eigenvalue weighted by Crippen LogP contribution is 2.33. The molecule has 0 saturated heterocycles. The minimum atomic E-state index is -3.41. The maximum absolute atomic E-state index is 13.3. The van der Waals surface area contributed by atoms with E-state index in [4.69, 9.17) is 9.47 Å². The molecule has 2 aromatic carbocycles. The van der Waals surface area contributed by atoms with Crippen LogP contribution in [0.15, 0.2) is 42.5 Å². The van der Waals surface area contributed by atoms with Crippen molar-refractivity contribution in [1.29, 1.82) is 0 Å². The number of anilines is 1. The molecule has 0 radical (unpaired) electrons. The van der Waals surface area contributed by atoms with E-state index in [-0.39, 0.29) is 36.4 Å². The van der Waals surface area contributed by atoms with Gasteiger partial charge in [-0.15, -0.1) is 0 Å². The van der Waals surface area contributed by atoms with Crippen molar-refractivity contribution in [1.82, 2.24) is 15.1 Å². The Morgan fingerprint density at radius 2 is 1.79 bits per heavy atom. The second-order valence-electron chi connectivity index (χ2n) is 7.52. The van der Waals surface area contributed by atoms with Crippen molar-refractivity contribution in [2.45, 2.75) is 18.1 Å². The fraction of sp³-hybridized carbons (Fsp3) is 0.190. The number of sulfone groups is 1. The van der Waals surface area contributed by atoms with Gasteiger partial charge >= 0.3 is 11.8 Å². The number of ether oxygens (including phenoxy) is 2. The number of hydrogen-bond donors (Lipinski definition) is 2. The van der Waals surface area contributed by atoms with Gasteiger partial charge in [0.05, 0.1) is 22.9 Å². The molecular formula is C21H17FN4O6S. The number of benzene rings is 2. The number of amides is 2. The number of nitrogens with one attached hydrogen (secondary N) is 2. The van der Waals surface area contributed by atoms with Gasteiger partial charge in [0.2, 0.25) is 6.79 Å². The zero-order valence-corrected chi connectivity index (χ0v) is 17.8. The van der Waals surface area contributed by atoms with Crippen LogP contribution in [0.25, 0.3) is 5.69 Å². The van der Waals surface area contributed by atoms with Crippen LogP contribution in [0.2, 0.25) is 0 Å². The van der Waals surface area contributed by atoms with E-state index < -0.39 is 27.5 Å². The van der Waals surface area contributed by atoms with Gasteiger partial charge in [-0.3, -0.25) is 9.59 Å². The number of hydrogen-bond acceptors (Lipinski definition) is 7. The van der Waals surface area contributed by atoms with Crippen molar-refractivity contribution in [3.05, 3.63) is 65.1 Å². The Balaban J connectivity index is 1.35. The number of aromatic nitrogens is 2. The van der Waals surface area contributed by atoms with Gasteiger partial charge in [0, 0.05) is 12.1 Å². The lowest BCUT2D eigenvalue weighted by molar-refractivity contribution is -0.136. The van der Waals surface area contributed by atoms with Gasteiger partial charge in [-0.1, -0.05) is 6.07 Å². The lowest BCUT2D eigenvalue weighted by Gasteiger charge is -2.11. The first kappa shape index (κ1) is 20.9.